The summed E-state index contributed by atoms with van der Waals surface area (Å²) in [6, 6.07) is 11.2. The van der Waals surface area contributed by atoms with Gasteiger partial charge in [0, 0.05) is 5.39 Å². The van der Waals surface area contributed by atoms with Crippen molar-refractivity contribution in [3.05, 3.63) is 47.5 Å². The van der Waals surface area contributed by atoms with Gasteiger partial charge in [0.25, 0.3) is 0 Å². The Morgan fingerprint density at radius 2 is 0.932 bits per heavy atom. The van der Waals surface area contributed by atoms with Crippen LogP contribution in [0.25, 0.3) is 10.8 Å². The fraction of sp³-hybridized carbons (Fsp3) is 0.700. The van der Waals surface area contributed by atoms with E-state index in [1.807, 2.05) is 24.3 Å². The lowest BCUT2D eigenvalue weighted by molar-refractivity contribution is 0.0424. The molecule has 248 valence electrons. The molecule has 0 saturated heterocycles. The van der Waals surface area contributed by atoms with Gasteiger partial charge in [-0.25, -0.2) is 9.59 Å². The van der Waals surface area contributed by atoms with Gasteiger partial charge in [-0.3, -0.25) is 0 Å². The number of carbonyl (C=O) groups is 2. The van der Waals surface area contributed by atoms with E-state index < -0.39 is 0 Å². The van der Waals surface area contributed by atoms with Gasteiger partial charge in [-0.2, -0.15) is 0 Å². The molecule has 2 rings (SSSR count). The number of rotatable bonds is 26. The predicted octanol–water partition coefficient (Wildman–Crippen LogP) is 12.3. The van der Waals surface area contributed by atoms with Gasteiger partial charge in [0.2, 0.25) is 0 Å². The predicted molar refractivity (Wildman–Crippen MR) is 187 cm³/mol. The van der Waals surface area contributed by atoms with Gasteiger partial charge < -0.3 is 9.47 Å². The molecule has 2 aromatic rings. The molecule has 0 aliphatic rings. The van der Waals surface area contributed by atoms with E-state index in [9.17, 15) is 9.59 Å². The first-order chi connectivity index (χ1) is 21.5. The molecule has 2 aromatic carbocycles. The maximum Gasteiger partial charge on any atom is 0.338 e. The lowest BCUT2D eigenvalue weighted by Crippen LogP contribution is -2.17. The van der Waals surface area contributed by atoms with Crippen LogP contribution in [0.3, 0.4) is 0 Å². The van der Waals surface area contributed by atoms with Crippen LogP contribution < -0.4 is 0 Å². The molecule has 0 saturated carbocycles. The molecule has 0 spiro atoms. The van der Waals surface area contributed by atoms with Crippen molar-refractivity contribution in [2.24, 2.45) is 11.8 Å². The third kappa shape index (κ3) is 14.6. The quantitative estimate of drug-likeness (QED) is 0.0787. The zero-order chi connectivity index (χ0) is 31.8. The summed E-state index contributed by atoms with van der Waals surface area (Å²) in [5.41, 5.74) is 0.904. The van der Waals surface area contributed by atoms with Crippen LogP contribution in [-0.2, 0) is 9.47 Å². The Morgan fingerprint density at radius 1 is 0.523 bits per heavy atom. The number of benzene rings is 2. The van der Waals surface area contributed by atoms with E-state index in [0.29, 0.717) is 41.6 Å². The van der Waals surface area contributed by atoms with Crippen molar-refractivity contribution in [2.75, 3.05) is 13.2 Å². The molecule has 0 aliphatic heterocycles. The van der Waals surface area contributed by atoms with Crippen molar-refractivity contribution in [2.45, 2.75) is 156 Å². The van der Waals surface area contributed by atoms with Crippen molar-refractivity contribution in [1.82, 2.24) is 0 Å². The molecule has 0 aromatic heterocycles. The highest BCUT2D eigenvalue weighted by Crippen LogP contribution is 2.27. The highest BCUT2D eigenvalue weighted by atomic mass is 16.5. The molecular weight excluding hydrogens is 544 g/mol. The molecule has 4 nitrogen and oxygen atoms in total. The van der Waals surface area contributed by atoms with Crippen LogP contribution in [0.15, 0.2) is 36.4 Å². The van der Waals surface area contributed by atoms with E-state index in [2.05, 4.69) is 27.7 Å². The minimum absolute atomic E-state index is 0.339. The maximum atomic E-state index is 13.5. The summed E-state index contributed by atoms with van der Waals surface area (Å²) in [6.45, 7) is 9.71. The number of ether oxygens (including phenoxy) is 2. The van der Waals surface area contributed by atoms with E-state index in [4.69, 9.17) is 9.47 Å². The minimum atomic E-state index is -0.360. The lowest BCUT2D eigenvalue weighted by atomic mass is 9.94. The van der Waals surface area contributed by atoms with Crippen LogP contribution in [0, 0.1) is 11.8 Å². The van der Waals surface area contributed by atoms with Gasteiger partial charge >= 0.3 is 11.9 Å². The molecule has 4 heteroatoms. The molecule has 0 bridgehead atoms. The van der Waals surface area contributed by atoms with Crippen LogP contribution in [0.4, 0.5) is 0 Å². The fourth-order valence-electron chi connectivity index (χ4n) is 6.21. The summed E-state index contributed by atoms with van der Waals surface area (Å²) in [5.74, 6) is 0.0530. The first-order valence-corrected chi connectivity index (χ1v) is 18.4. The van der Waals surface area contributed by atoms with E-state index >= 15 is 0 Å². The van der Waals surface area contributed by atoms with Crippen molar-refractivity contribution < 1.29 is 19.1 Å². The fourth-order valence-corrected chi connectivity index (χ4v) is 6.21. The molecule has 0 heterocycles. The van der Waals surface area contributed by atoms with Gasteiger partial charge in [-0.15, -0.1) is 0 Å². The SMILES string of the molecule is CCCCCCCCCCC(CCCCCCCC)COC(=O)c1cccc2cccc(C(=O)OCC(CC)CCCC)c12. The largest absolute Gasteiger partial charge is 0.462 e. The van der Waals surface area contributed by atoms with Gasteiger partial charge in [0.05, 0.1) is 24.3 Å². The standard InChI is InChI=1S/C40H64O4/c1-5-9-12-14-16-17-19-21-26-34(25-20-18-15-13-10-6-2)32-44-40(42)37-30-23-28-35-27-22-29-36(38(35)37)39(41)43-31-33(8-4)24-11-7-3/h22-23,27-30,33-34H,5-21,24-26,31-32H2,1-4H3. The molecule has 44 heavy (non-hydrogen) atoms. The summed E-state index contributed by atoms with van der Waals surface area (Å²) < 4.78 is 11.8. The topological polar surface area (TPSA) is 52.6 Å². The van der Waals surface area contributed by atoms with Crippen LogP contribution >= 0.6 is 0 Å². The second-order valence-corrected chi connectivity index (χ2v) is 13.0. The Labute approximate surface area is 270 Å². The average molecular weight is 609 g/mol. The van der Waals surface area contributed by atoms with Crippen LogP contribution in [0.1, 0.15) is 177 Å². The molecule has 2 atom stereocenters. The number of carbonyl (C=O) groups excluding carboxylic acids is 2. The second kappa shape index (κ2) is 23.9. The van der Waals surface area contributed by atoms with Crippen LogP contribution in [-0.4, -0.2) is 25.2 Å². The smallest absolute Gasteiger partial charge is 0.338 e. The Balaban J connectivity index is 2.03. The van der Waals surface area contributed by atoms with Crippen molar-refractivity contribution >= 4 is 22.7 Å². The zero-order valence-electron chi connectivity index (χ0n) is 28.8. The van der Waals surface area contributed by atoms with Crippen LogP contribution in [0.2, 0.25) is 0 Å². The van der Waals surface area contributed by atoms with E-state index in [1.54, 1.807) is 12.1 Å². The molecule has 0 N–H and O–H groups in total. The second-order valence-electron chi connectivity index (χ2n) is 13.0. The lowest BCUT2D eigenvalue weighted by Gasteiger charge is -2.18. The van der Waals surface area contributed by atoms with Gasteiger partial charge in [-0.05, 0) is 48.6 Å². The molecule has 0 radical (unpaired) electrons. The van der Waals surface area contributed by atoms with E-state index in [1.165, 1.54) is 89.9 Å². The normalized spacial score (nSPS) is 12.7. The first kappa shape index (κ1) is 37.8. The molecule has 0 aliphatic carbocycles. The number of hydrogen-bond donors (Lipinski definition) is 0. The first-order valence-electron chi connectivity index (χ1n) is 18.4. The number of esters is 2. The van der Waals surface area contributed by atoms with Crippen molar-refractivity contribution in [3.63, 3.8) is 0 Å². The minimum Gasteiger partial charge on any atom is -0.462 e. The average Bonchev–Trinajstić information content (AvgIpc) is 3.05. The molecular formula is C40H64O4. The Morgan fingerprint density at radius 3 is 1.39 bits per heavy atom. The maximum absolute atomic E-state index is 13.5. The van der Waals surface area contributed by atoms with Crippen molar-refractivity contribution in [1.29, 1.82) is 0 Å². The van der Waals surface area contributed by atoms with Gasteiger partial charge in [0.15, 0.2) is 0 Å². The van der Waals surface area contributed by atoms with Crippen molar-refractivity contribution in [3.8, 4) is 0 Å². The highest BCUT2D eigenvalue weighted by molar-refractivity contribution is 6.13. The molecule has 0 fully saturated rings. The third-order valence-corrected chi connectivity index (χ3v) is 9.22. The monoisotopic (exact) mass is 608 g/mol. The van der Waals surface area contributed by atoms with Gasteiger partial charge in [-0.1, -0.05) is 161 Å². The molecule has 0 amide bonds. The van der Waals surface area contributed by atoms with Crippen LogP contribution in [0.5, 0.6) is 0 Å². The summed E-state index contributed by atoms with van der Waals surface area (Å²) in [7, 11) is 0. The summed E-state index contributed by atoms with van der Waals surface area (Å²) in [6.07, 6.45) is 24.7. The zero-order valence-corrected chi connectivity index (χ0v) is 28.8. The number of hydrogen-bond acceptors (Lipinski definition) is 4. The number of fused-ring (bicyclic) bond motifs is 1. The van der Waals surface area contributed by atoms with Gasteiger partial charge in [0.1, 0.15) is 0 Å². The van der Waals surface area contributed by atoms with E-state index in [0.717, 1.165) is 43.9 Å². The summed E-state index contributed by atoms with van der Waals surface area (Å²) >= 11 is 0. The Kier molecular flexibility index (Phi) is 20.6. The highest BCUT2D eigenvalue weighted by Gasteiger charge is 2.21. The molecule has 2 unspecified atom stereocenters. The number of unbranched alkanes of at least 4 members (excludes halogenated alkanes) is 13. The third-order valence-electron chi connectivity index (χ3n) is 9.22. The Bertz CT molecular complexity index is 1040. The summed E-state index contributed by atoms with van der Waals surface area (Å²) in [4.78, 5) is 26.8. The Hall–Kier alpha value is -2.36. The summed E-state index contributed by atoms with van der Waals surface area (Å²) in [5, 5.41) is 1.50. The van der Waals surface area contributed by atoms with E-state index in [-0.39, 0.29) is 11.9 Å².